The number of halogens is 4. The smallest absolute Gasteiger partial charge is 0.294 e. The standard InChI is InChI=1S/C11H6F4N2OS/c12-7-3-1-6(2-4-7)8-5-19-10(16-8)17-9(18)11(13,14)15/h1-5H,(H,16,17,18). The summed E-state index contributed by atoms with van der Waals surface area (Å²) in [6.07, 6.45) is -4.96. The van der Waals surface area contributed by atoms with Crippen LogP contribution in [0, 0.1) is 5.82 Å². The molecule has 0 aliphatic carbocycles. The van der Waals surface area contributed by atoms with Gasteiger partial charge in [0.1, 0.15) is 5.82 Å². The molecule has 1 N–H and O–H groups in total. The van der Waals surface area contributed by atoms with Gasteiger partial charge in [-0.2, -0.15) is 13.2 Å². The van der Waals surface area contributed by atoms with Crippen molar-refractivity contribution in [1.29, 1.82) is 0 Å². The number of hydrogen-bond acceptors (Lipinski definition) is 3. The number of nitrogens with zero attached hydrogens (tertiary/aromatic N) is 1. The van der Waals surface area contributed by atoms with Crippen molar-refractivity contribution in [1.82, 2.24) is 4.98 Å². The maximum atomic E-state index is 12.7. The lowest BCUT2D eigenvalue weighted by Gasteiger charge is -2.04. The average Bonchev–Trinajstić information content (AvgIpc) is 2.77. The van der Waals surface area contributed by atoms with Gasteiger partial charge in [0.25, 0.3) is 0 Å². The molecule has 0 saturated carbocycles. The van der Waals surface area contributed by atoms with Crippen LogP contribution in [0.15, 0.2) is 29.6 Å². The number of thiazole rings is 1. The number of rotatable bonds is 2. The molecule has 0 unspecified atom stereocenters. The lowest BCUT2D eigenvalue weighted by Crippen LogP contribution is -2.29. The quantitative estimate of drug-likeness (QED) is 0.861. The van der Waals surface area contributed by atoms with Gasteiger partial charge in [-0.05, 0) is 24.3 Å². The minimum Gasteiger partial charge on any atom is -0.294 e. The third-order valence-corrected chi connectivity index (χ3v) is 2.88. The minimum absolute atomic E-state index is 0.165. The monoisotopic (exact) mass is 290 g/mol. The second kappa shape index (κ2) is 4.96. The van der Waals surface area contributed by atoms with Gasteiger partial charge in [-0.1, -0.05) is 0 Å². The summed E-state index contributed by atoms with van der Waals surface area (Å²) in [7, 11) is 0. The molecule has 1 aromatic carbocycles. The first-order valence-electron chi connectivity index (χ1n) is 4.96. The zero-order valence-corrected chi connectivity index (χ0v) is 9.98. The number of amides is 1. The fraction of sp³-hybridized carbons (Fsp3) is 0.0909. The van der Waals surface area contributed by atoms with Crippen molar-refractivity contribution >= 4 is 22.4 Å². The number of benzene rings is 1. The summed E-state index contributed by atoms with van der Waals surface area (Å²) in [5.74, 6) is -2.50. The largest absolute Gasteiger partial charge is 0.471 e. The Bertz CT molecular complexity index is 591. The van der Waals surface area contributed by atoms with Crippen LogP contribution in [0.4, 0.5) is 22.7 Å². The molecule has 3 nitrogen and oxygen atoms in total. The Labute approximate surface area is 108 Å². The summed E-state index contributed by atoms with van der Waals surface area (Å²) >= 11 is 0.856. The summed E-state index contributed by atoms with van der Waals surface area (Å²) in [5, 5.41) is 2.96. The van der Waals surface area contributed by atoms with E-state index in [0.717, 1.165) is 11.3 Å². The van der Waals surface area contributed by atoms with Crippen molar-refractivity contribution in [2.45, 2.75) is 6.18 Å². The predicted octanol–water partition coefficient (Wildman–Crippen LogP) is 3.45. The lowest BCUT2D eigenvalue weighted by molar-refractivity contribution is -0.167. The molecule has 100 valence electrons. The summed E-state index contributed by atoms with van der Waals surface area (Å²) in [6.45, 7) is 0. The van der Waals surface area contributed by atoms with Gasteiger partial charge in [0.05, 0.1) is 5.69 Å². The molecular formula is C11H6F4N2OS. The molecule has 2 rings (SSSR count). The van der Waals surface area contributed by atoms with Gasteiger partial charge in [0.2, 0.25) is 0 Å². The highest BCUT2D eigenvalue weighted by molar-refractivity contribution is 7.14. The molecule has 0 saturated heterocycles. The average molecular weight is 290 g/mol. The second-order valence-corrected chi connectivity index (χ2v) is 4.35. The summed E-state index contributed by atoms with van der Waals surface area (Å²) in [4.78, 5) is 14.5. The second-order valence-electron chi connectivity index (χ2n) is 3.50. The number of nitrogens with one attached hydrogen (secondary N) is 1. The molecular weight excluding hydrogens is 284 g/mol. The Balaban J connectivity index is 2.16. The van der Waals surface area contributed by atoms with Crippen molar-refractivity contribution in [3.05, 3.63) is 35.5 Å². The number of carbonyl (C=O) groups excluding carboxylic acids is 1. The molecule has 0 fully saturated rings. The number of aromatic nitrogens is 1. The molecule has 19 heavy (non-hydrogen) atoms. The summed E-state index contributed by atoms with van der Waals surface area (Å²) in [5.41, 5.74) is 0.910. The molecule has 2 aromatic rings. The Morgan fingerprint density at radius 3 is 2.42 bits per heavy atom. The minimum atomic E-state index is -4.96. The molecule has 8 heteroatoms. The van der Waals surface area contributed by atoms with Crippen LogP contribution in [-0.2, 0) is 4.79 Å². The van der Waals surface area contributed by atoms with Gasteiger partial charge >= 0.3 is 12.1 Å². The highest BCUT2D eigenvalue weighted by atomic mass is 32.1. The van der Waals surface area contributed by atoms with Gasteiger partial charge in [0, 0.05) is 10.9 Å². The van der Waals surface area contributed by atoms with Crippen LogP contribution in [0.25, 0.3) is 11.3 Å². The number of alkyl halides is 3. The summed E-state index contributed by atoms with van der Waals surface area (Å²) in [6, 6.07) is 5.31. The van der Waals surface area contributed by atoms with Crippen molar-refractivity contribution < 1.29 is 22.4 Å². The SMILES string of the molecule is O=C(Nc1nc(-c2ccc(F)cc2)cs1)C(F)(F)F. The van der Waals surface area contributed by atoms with E-state index in [2.05, 4.69) is 4.98 Å². The molecule has 0 bridgehead atoms. The van der Waals surface area contributed by atoms with Crippen LogP contribution in [-0.4, -0.2) is 17.1 Å². The van der Waals surface area contributed by atoms with Gasteiger partial charge < -0.3 is 0 Å². The first-order chi connectivity index (χ1) is 8.86. The fourth-order valence-electron chi connectivity index (χ4n) is 1.25. The number of anilines is 1. The van der Waals surface area contributed by atoms with Crippen molar-refractivity contribution in [3.63, 3.8) is 0 Å². The molecule has 0 atom stereocenters. The van der Waals surface area contributed by atoms with Crippen LogP contribution in [0.2, 0.25) is 0 Å². The van der Waals surface area contributed by atoms with E-state index in [1.807, 2.05) is 0 Å². The van der Waals surface area contributed by atoms with E-state index in [-0.39, 0.29) is 5.13 Å². The zero-order valence-electron chi connectivity index (χ0n) is 9.16. The van der Waals surface area contributed by atoms with Crippen molar-refractivity contribution in [3.8, 4) is 11.3 Å². The van der Waals surface area contributed by atoms with Crippen LogP contribution < -0.4 is 5.32 Å². The highest BCUT2D eigenvalue weighted by Gasteiger charge is 2.39. The van der Waals surface area contributed by atoms with Crippen molar-refractivity contribution in [2.75, 3.05) is 5.32 Å². The summed E-state index contributed by atoms with van der Waals surface area (Å²) < 4.78 is 48.8. The fourth-order valence-corrected chi connectivity index (χ4v) is 1.97. The third kappa shape index (κ3) is 3.28. The molecule has 0 aliphatic rings. The van der Waals surface area contributed by atoms with Gasteiger partial charge in [0.15, 0.2) is 5.13 Å². The normalized spacial score (nSPS) is 11.4. The van der Waals surface area contributed by atoms with E-state index in [0.29, 0.717) is 11.3 Å². The Hall–Kier alpha value is -1.96. The van der Waals surface area contributed by atoms with E-state index in [4.69, 9.17) is 0 Å². The topological polar surface area (TPSA) is 42.0 Å². The van der Waals surface area contributed by atoms with Gasteiger partial charge in [-0.25, -0.2) is 9.37 Å². The van der Waals surface area contributed by atoms with Crippen LogP contribution in [0.3, 0.4) is 0 Å². The van der Waals surface area contributed by atoms with Crippen LogP contribution >= 0.6 is 11.3 Å². The van der Waals surface area contributed by atoms with Gasteiger partial charge in [-0.3, -0.25) is 10.1 Å². The first kappa shape index (κ1) is 13.5. The lowest BCUT2D eigenvalue weighted by atomic mass is 10.2. The van der Waals surface area contributed by atoms with Crippen molar-refractivity contribution in [2.24, 2.45) is 0 Å². The van der Waals surface area contributed by atoms with Crippen LogP contribution in [0.1, 0.15) is 0 Å². The zero-order chi connectivity index (χ0) is 14.0. The maximum Gasteiger partial charge on any atom is 0.471 e. The van der Waals surface area contributed by atoms with Crippen LogP contribution in [0.5, 0.6) is 0 Å². The van der Waals surface area contributed by atoms with E-state index < -0.39 is 17.9 Å². The first-order valence-corrected chi connectivity index (χ1v) is 5.84. The molecule has 1 aromatic heterocycles. The molecule has 0 aliphatic heterocycles. The van der Waals surface area contributed by atoms with E-state index in [1.165, 1.54) is 29.6 Å². The highest BCUT2D eigenvalue weighted by Crippen LogP contribution is 2.26. The maximum absolute atomic E-state index is 12.7. The molecule has 0 radical (unpaired) electrons. The molecule has 0 spiro atoms. The van der Waals surface area contributed by atoms with E-state index in [9.17, 15) is 22.4 Å². The Kier molecular flexibility index (Phi) is 3.52. The number of carbonyl (C=O) groups is 1. The van der Waals surface area contributed by atoms with E-state index in [1.54, 1.807) is 5.32 Å². The Morgan fingerprint density at radius 1 is 1.21 bits per heavy atom. The Morgan fingerprint density at radius 2 is 1.84 bits per heavy atom. The van der Waals surface area contributed by atoms with E-state index >= 15 is 0 Å². The van der Waals surface area contributed by atoms with Gasteiger partial charge in [-0.15, -0.1) is 11.3 Å². The molecule has 1 amide bonds. The third-order valence-electron chi connectivity index (χ3n) is 2.12. The predicted molar refractivity (Wildman–Crippen MR) is 62.2 cm³/mol. The molecule has 1 heterocycles. The number of hydrogen-bond donors (Lipinski definition) is 1.